The summed E-state index contributed by atoms with van der Waals surface area (Å²) in [5.41, 5.74) is 8.66. The lowest BCUT2D eigenvalue weighted by Crippen LogP contribution is -2.47. The Morgan fingerprint density at radius 2 is 2.05 bits per heavy atom. The lowest BCUT2D eigenvalue weighted by atomic mass is 10.0. The van der Waals surface area contributed by atoms with Crippen LogP contribution in [-0.4, -0.2) is 81.3 Å². The Morgan fingerprint density at radius 1 is 1.24 bits per heavy atom. The highest BCUT2D eigenvalue weighted by Gasteiger charge is 2.25. The van der Waals surface area contributed by atoms with Crippen molar-refractivity contribution in [1.82, 2.24) is 30.2 Å². The van der Waals surface area contributed by atoms with Gasteiger partial charge in [0.05, 0.1) is 37.1 Å². The molecular weight excluding hydrogens is 486 g/mol. The summed E-state index contributed by atoms with van der Waals surface area (Å²) in [6, 6.07) is 3.70. The second-order valence-corrected chi connectivity index (χ2v) is 9.56. The summed E-state index contributed by atoms with van der Waals surface area (Å²) in [7, 11) is 2.00. The van der Waals surface area contributed by atoms with Crippen LogP contribution in [0.2, 0.25) is 0 Å². The summed E-state index contributed by atoms with van der Waals surface area (Å²) in [5.74, 6) is 1.42. The van der Waals surface area contributed by atoms with Gasteiger partial charge in [0.1, 0.15) is 17.9 Å². The predicted octanol–water partition coefficient (Wildman–Crippen LogP) is 2.33. The van der Waals surface area contributed by atoms with E-state index in [0.717, 1.165) is 36.9 Å². The number of aliphatic hydroxyl groups is 1. The third-order valence-corrected chi connectivity index (χ3v) is 6.66. The van der Waals surface area contributed by atoms with Crippen LogP contribution < -0.4 is 15.8 Å². The number of fused-ring (bicyclic) bond motifs is 1. The number of carbonyl (C=O) groups excluding carboxylic acids is 1. The maximum Gasteiger partial charge on any atom is 0.237 e. The van der Waals surface area contributed by atoms with Crippen LogP contribution in [0, 0.1) is 0 Å². The van der Waals surface area contributed by atoms with E-state index in [2.05, 4.69) is 30.2 Å². The van der Waals surface area contributed by atoms with Crippen molar-refractivity contribution in [3.8, 4) is 16.9 Å². The molecule has 2 atom stereocenters. The Labute approximate surface area is 222 Å². The van der Waals surface area contributed by atoms with Gasteiger partial charge in [-0.1, -0.05) is 13.3 Å². The minimum absolute atomic E-state index is 0.0577. The van der Waals surface area contributed by atoms with Gasteiger partial charge < -0.3 is 25.6 Å². The molecule has 1 saturated heterocycles. The fourth-order valence-electron chi connectivity index (χ4n) is 4.39. The number of benzene rings is 1. The Kier molecular flexibility index (Phi) is 9.74. The summed E-state index contributed by atoms with van der Waals surface area (Å²) < 4.78 is 11.7. The van der Waals surface area contributed by atoms with Crippen molar-refractivity contribution in [3.63, 3.8) is 0 Å². The molecule has 4 rings (SSSR count). The standard InChI is InChI=1S/C27H37N7O4/c1-3-19(35)16-37-17-24-31-13-18(14-32-24)20-8-9-21-25(33-23(28)15-30-21)26(20)38-12-6-10-29-27(36)22-7-4-5-11-34(22)2/h8-9,13-15,19,22,35H,3-7,10-12,16-17H2,1-2H3,(H2,28,33)(H,29,36). The topological polar surface area (TPSA) is 149 Å². The molecule has 2 aromatic heterocycles. The summed E-state index contributed by atoms with van der Waals surface area (Å²) in [5, 5.41) is 12.7. The SMILES string of the molecule is CCC(O)COCc1ncc(-c2ccc3ncc(N)nc3c2OCCCNC(=O)C2CCCCN2C)cn1. The minimum Gasteiger partial charge on any atom is -0.491 e. The number of ether oxygens (including phenoxy) is 2. The molecule has 38 heavy (non-hydrogen) atoms. The van der Waals surface area contributed by atoms with Gasteiger partial charge in [-0.25, -0.2) is 15.0 Å². The van der Waals surface area contributed by atoms with E-state index in [0.29, 0.717) is 54.4 Å². The molecule has 0 spiro atoms. The van der Waals surface area contributed by atoms with Gasteiger partial charge in [0.2, 0.25) is 5.91 Å². The number of hydrogen-bond acceptors (Lipinski definition) is 10. The van der Waals surface area contributed by atoms with Crippen LogP contribution in [0.5, 0.6) is 5.75 Å². The molecule has 11 nitrogen and oxygen atoms in total. The summed E-state index contributed by atoms with van der Waals surface area (Å²) in [4.78, 5) is 32.4. The number of likely N-dealkylation sites (tertiary alicyclic amines) is 1. The van der Waals surface area contributed by atoms with Gasteiger partial charge in [0.25, 0.3) is 0 Å². The first-order valence-corrected chi connectivity index (χ1v) is 13.2. The van der Waals surface area contributed by atoms with Crippen LogP contribution in [0.3, 0.4) is 0 Å². The fourth-order valence-corrected chi connectivity index (χ4v) is 4.39. The van der Waals surface area contributed by atoms with Crippen LogP contribution in [0.1, 0.15) is 44.9 Å². The number of hydrogen-bond donors (Lipinski definition) is 3. The van der Waals surface area contributed by atoms with Crippen LogP contribution >= 0.6 is 0 Å². The van der Waals surface area contributed by atoms with Crippen LogP contribution in [0.4, 0.5) is 5.82 Å². The van der Waals surface area contributed by atoms with E-state index in [1.54, 1.807) is 12.4 Å². The number of nitrogen functional groups attached to an aromatic ring is 1. The molecular formula is C27H37N7O4. The third kappa shape index (κ3) is 7.12. The van der Waals surface area contributed by atoms with Crippen molar-refractivity contribution in [2.45, 2.75) is 57.8 Å². The highest BCUT2D eigenvalue weighted by molar-refractivity contribution is 5.90. The highest BCUT2D eigenvalue weighted by atomic mass is 16.5. The number of carbonyl (C=O) groups is 1. The number of aromatic nitrogens is 4. The van der Waals surface area contributed by atoms with Crippen molar-refractivity contribution >= 4 is 22.8 Å². The molecule has 1 aliphatic heterocycles. The van der Waals surface area contributed by atoms with E-state index in [1.165, 1.54) is 6.20 Å². The molecule has 3 heterocycles. The van der Waals surface area contributed by atoms with Gasteiger partial charge in [0, 0.05) is 30.1 Å². The second-order valence-electron chi connectivity index (χ2n) is 9.56. The zero-order valence-electron chi connectivity index (χ0n) is 22.1. The molecule has 0 radical (unpaired) electrons. The zero-order chi connectivity index (χ0) is 26.9. The number of nitrogens with zero attached hydrogens (tertiary/aromatic N) is 5. The fraction of sp³-hybridized carbons (Fsp3) is 0.519. The molecule has 0 saturated carbocycles. The largest absolute Gasteiger partial charge is 0.491 e. The van der Waals surface area contributed by atoms with Crippen molar-refractivity contribution in [2.75, 3.05) is 39.1 Å². The van der Waals surface area contributed by atoms with E-state index < -0.39 is 6.10 Å². The zero-order valence-corrected chi connectivity index (χ0v) is 22.1. The van der Waals surface area contributed by atoms with E-state index in [9.17, 15) is 9.90 Å². The van der Waals surface area contributed by atoms with Crippen LogP contribution in [0.25, 0.3) is 22.2 Å². The predicted molar refractivity (Wildman–Crippen MR) is 144 cm³/mol. The number of nitrogens with one attached hydrogen (secondary N) is 1. The van der Waals surface area contributed by atoms with Crippen molar-refractivity contribution < 1.29 is 19.4 Å². The quantitative estimate of drug-likeness (QED) is 0.302. The van der Waals surface area contributed by atoms with Gasteiger partial charge in [-0.2, -0.15) is 0 Å². The molecule has 0 bridgehead atoms. The van der Waals surface area contributed by atoms with Crippen LogP contribution in [-0.2, 0) is 16.1 Å². The third-order valence-electron chi connectivity index (χ3n) is 6.66. The lowest BCUT2D eigenvalue weighted by molar-refractivity contribution is -0.127. The van der Waals surface area contributed by atoms with E-state index in [-0.39, 0.29) is 25.2 Å². The van der Waals surface area contributed by atoms with Crippen molar-refractivity contribution in [3.05, 3.63) is 36.5 Å². The number of aliphatic hydroxyl groups excluding tert-OH is 1. The Balaban J connectivity index is 1.42. The summed E-state index contributed by atoms with van der Waals surface area (Å²) in [6.07, 6.45) is 8.79. The van der Waals surface area contributed by atoms with Gasteiger partial charge in [-0.05, 0) is 51.4 Å². The normalized spacial score (nSPS) is 16.9. The van der Waals surface area contributed by atoms with Gasteiger partial charge in [-0.3, -0.25) is 14.7 Å². The number of amides is 1. The van der Waals surface area contributed by atoms with Crippen molar-refractivity contribution in [1.29, 1.82) is 0 Å². The molecule has 1 amide bonds. The van der Waals surface area contributed by atoms with Crippen LogP contribution in [0.15, 0.2) is 30.7 Å². The average Bonchev–Trinajstić information content (AvgIpc) is 2.93. The highest BCUT2D eigenvalue weighted by Crippen LogP contribution is 2.35. The maximum absolute atomic E-state index is 12.6. The first kappa shape index (κ1) is 27.6. The number of likely N-dealkylation sites (N-methyl/N-ethyl adjacent to an activating group) is 1. The first-order valence-electron chi connectivity index (χ1n) is 13.2. The molecule has 4 N–H and O–H groups in total. The molecule has 1 aromatic carbocycles. The Hall–Kier alpha value is -3.41. The molecule has 2 unspecified atom stereocenters. The monoisotopic (exact) mass is 523 g/mol. The Morgan fingerprint density at radius 3 is 2.82 bits per heavy atom. The molecule has 1 fully saturated rings. The molecule has 204 valence electrons. The average molecular weight is 524 g/mol. The smallest absolute Gasteiger partial charge is 0.237 e. The first-order chi connectivity index (χ1) is 18.5. The second kappa shape index (κ2) is 13.4. The number of piperidine rings is 1. The van der Waals surface area contributed by atoms with Crippen molar-refractivity contribution in [2.24, 2.45) is 0 Å². The minimum atomic E-state index is -0.498. The number of anilines is 1. The lowest BCUT2D eigenvalue weighted by Gasteiger charge is -2.31. The molecule has 3 aromatic rings. The molecule has 11 heteroatoms. The number of nitrogens with two attached hydrogens (primary N) is 1. The van der Waals surface area contributed by atoms with Gasteiger partial charge in [0.15, 0.2) is 11.6 Å². The molecule has 1 aliphatic rings. The van der Waals surface area contributed by atoms with E-state index in [4.69, 9.17) is 15.2 Å². The van der Waals surface area contributed by atoms with Gasteiger partial charge in [-0.15, -0.1) is 0 Å². The summed E-state index contributed by atoms with van der Waals surface area (Å²) in [6.45, 7) is 4.18. The van der Waals surface area contributed by atoms with E-state index in [1.807, 2.05) is 26.1 Å². The van der Waals surface area contributed by atoms with Gasteiger partial charge >= 0.3 is 0 Å². The molecule has 0 aliphatic carbocycles. The summed E-state index contributed by atoms with van der Waals surface area (Å²) >= 11 is 0. The number of rotatable bonds is 12. The van der Waals surface area contributed by atoms with E-state index >= 15 is 0 Å². The maximum atomic E-state index is 12.6. The Bertz CT molecular complexity index is 1210.